The molecule has 2 heterocycles. The fraction of sp³-hybridized carbons (Fsp3) is 0.640. The summed E-state index contributed by atoms with van der Waals surface area (Å²) in [6, 6.07) is 7.09. The van der Waals surface area contributed by atoms with Crippen molar-refractivity contribution in [2.45, 2.75) is 71.6 Å². The predicted molar refractivity (Wildman–Crippen MR) is 126 cm³/mol. The molecule has 6 heteroatoms. The first-order valence-corrected chi connectivity index (χ1v) is 12.2. The maximum Gasteiger partial charge on any atom is 0.253 e. The summed E-state index contributed by atoms with van der Waals surface area (Å²) in [6.45, 7) is 6.36. The van der Waals surface area contributed by atoms with Crippen molar-refractivity contribution in [3.8, 4) is 0 Å². The summed E-state index contributed by atoms with van der Waals surface area (Å²) in [4.78, 5) is 29.7. The highest BCUT2D eigenvalue weighted by Crippen LogP contribution is 2.42. The van der Waals surface area contributed by atoms with Gasteiger partial charge in [-0.15, -0.1) is 0 Å². The summed E-state index contributed by atoms with van der Waals surface area (Å²) in [5.74, 6) is 1.05. The van der Waals surface area contributed by atoms with Gasteiger partial charge in [-0.25, -0.2) is 0 Å². The molecule has 1 N–H and O–H groups in total. The van der Waals surface area contributed by atoms with E-state index in [9.17, 15) is 9.59 Å². The van der Waals surface area contributed by atoms with E-state index in [4.69, 9.17) is 17.0 Å². The highest BCUT2D eigenvalue weighted by atomic mass is 35.5. The van der Waals surface area contributed by atoms with Gasteiger partial charge in [-0.05, 0) is 49.8 Å². The number of hydrogen-bond acceptors (Lipinski definition) is 3. The predicted octanol–water partition coefficient (Wildman–Crippen LogP) is 5.77. The van der Waals surface area contributed by atoms with Crippen LogP contribution in [-0.2, 0) is 4.79 Å². The van der Waals surface area contributed by atoms with E-state index in [0.29, 0.717) is 41.8 Å². The minimum atomic E-state index is -0.354. The summed E-state index contributed by atoms with van der Waals surface area (Å²) >= 11 is 6.03. The number of benzene rings is 1. The van der Waals surface area contributed by atoms with E-state index in [-0.39, 0.29) is 17.2 Å². The number of amidine groups is 1. The Balaban J connectivity index is 1.56. The van der Waals surface area contributed by atoms with Gasteiger partial charge in [0, 0.05) is 36.6 Å². The molecule has 1 unspecified atom stereocenters. The molecule has 0 aliphatic carbocycles. The monoisotopic (exact) mass is 445 g/mol. The molecule has 0 saturated carbocycles. The van der Waals surface area contributed by atoms with Gasteiger partial charge in [0.2, 0.25) is 5.91 Å². The van der Waals surface area contributed by atoms with Crippen molar-refractivity contribution in [3.05, 3.63) is 34.9 Å². The average molecular weight is 446 g/mol. The smallest absolute Gasteiger partial charge is 0.253 e. The fourth-order valence-electron chi connectivity index (χ4n) is 5.05. The summed E-state index contributed by atoms with van der Waals surface area (Å²) in [5, 5.41) is 9.08. The Morgan fingerprint density at radius 1 is 1.23 bits per heavy atom. The van der Waals surface area contributed by atoms with Crippen molar-refractivity contribution in [2.75, 3.05) is 19.6 Å². The Morgan fingerprint density at radius 3 is 2.58 bits per heavy atom. The quantitative estimate of drug-likeness (QED) is 0.496. The lowest BCUT2D eigenvalue weighted by Crippen LogP contribution is -2.37. The van der Waals surface area contributed by atoms with E-state index in [1.807, 2.05) is 4.90 Å². The van der Waals surface area contributed by atoms with Crippen LogP contribution in [0.3, 0.4) is 0 Å². The third kappa shape index (κ3) is 5.49. The van der Waals surface area contributed by atoms with Crippen LogP contribution in [0.15, 0.2) is 24.3 Å². The Labute approximate surface area is 191 Å². The number of carbonyl (C=O) groups is 2. The Hall–Kier alpha value is -1.88. The molecule has 2 saturated heterocycles. The molecule has 0 bridgehead atoms. The van der Waals surface area contributed by atoms with Crippen LogP contribution in [-0.4, -0.2) is 47.1 Å². The van der Waals surface area contributed by atoms with E-state index in [1.54, 1.807) is 29.2 Å². The molecule has 31 heavy (non-hydrogen) atoms. The molecule has 2 aliphatic rings. The van der Waals surface area contributed by atoms with E-state index in [1.165, 1.54) is 0 Å². The van der Waals surface area contributed by atoms with Crippen molar-refractivity contribution in [2.24, 2.45) is 11.3 Å². The first kappa shape index (κ1) is 23.8. The van der Waals surface area contributed by atoms with Gasteiger partial charge in [-0.2, -0.15) is 0 Å². The van der Waals surface area contributed by atoms with Gasteiger partial charge in [-0.3, -0.25) is 15.0 Å². The zero-order valence-corrected chi connectivity index (χ0v) is 19.7. The zero-order valence-electron chi connectivity index (χ0n) is 19.0. The van der Waals surface area contributed by atoms with E-state index in [0.717, 1.165) is 57.9 Å². The van der Waals surface area contributed by atoms with Crippen molar-refractivity contribution < 1.29 is 9.59 Å². The van der Waals surface area contributed by atoms with Gasteiger partial charge in [0.1, 0.15) is 5.84 Å². The zero-order chi connectivity index (χ0) is 22.4. The summed E-state index contributed by atoms with van der Waals surface area (Å²) < 4.78 is 0. The average Bonchev–Trinajstić information content (AvgIpc) is 3.32. The van der Waals surface area contributed by atoms with Crippen LogP contribution in [0.25, 0.3) is 0 Å². The third-order valence-electron chi connectivity index (χ3n) is 6.95. The molecule has 0 radical (unpaired) electrons. The Kier molecular flexibility index (Phi) is 8.15. The minimum Gasteiger partial charge on any atom is -0.338 e. The molecule has 1 aromatic carbocycles. The van der Waals surface area contributed by atoms with Gasteiger partial charge in [0.15, 0.2) is 0 Å². The van der Waals surface area contributed by atoms with Crippen LogP contribution < -0.4 is 0 Å². The molecule has 2 amide bonds. The molecule has 170 valence electrons. The number of amides is 2. The lowest BCUT2D eigenvalue weighted by Gasteiger charge is -2.27. The number of unbranched alkanes of at least 4 members (excludes halogenated alkanes) is 2. The molecule has 1 atom stereocenters. The largest absolute Gasteiger partial charge is 0.338 e. The van der Waals surface area contributed by atoms with Crippen LogP contribution >= 0.6 is 11.6 Å². The van der Waals surface area contributed by atoms with Crippen molar-refractivity contribution in [1.29, 1.82) is 5.41 Å². The molecule has 0 spiro atoms. The first-order chi connectivity index (χ1) is 14.9. The van der Waals surface area contributed by atoms with Gasteiger partial charge < -0.3 is 9.80 Å². The second kappa shape index (κ2) is 10.6. The molecular weight excluding hydrogens is 410 g/mol. The molecule has 3 rings (SSSR count). The highest BCUT2D eigenvalue weighted by molar-refractivity contribution is 6.30. The van der Waals surface area contributed by atoms with Crippen LogP contribution in [0.1, 0.15) is 82.0 Å². The number of carbonyl (C=O) groups excluding carboxylic acids is 2. The summed E-state index contributed by atoms with van der Waals surface area (Å²) in [5.41, 5.74) is 0.272. The molecular formula is C25H36ClN3O2. The number of halogens is 1. The molecule has 2 fully saturated rings. The normalized spacial score (nSPS) is 20.7. The summed E-state index contributed by atoms with van der Waals surface area (Å²) in [6.07, 6.45) is 8.40. The van der Waals surface area contributed by atoms with E-state index in [2.05, 4.69) is 13.8 Å². The van der Waals surface area contributed by atoms with Gasteiger partial charge >= 0.3 is 0 Å². The molecule has 5 nitrogen and oxygen atoms in total. The lowest BCUT2D eigenvalue weighted by atomic mass is 9.77. The highest BCUT2D eigenvalue weighted by Gasteiger charge is 2.48. The molecule has 1 aromatic rings. The summed E-state index contributed by atoms with van der Waals surface area (Å²) in [7, 11) is 0. The number of hydrogen-bond donors (Lipinski definition) is 1. The van der Waals surface area contributed by atoms with Crippen LogP contribution in [0.5, 0.6) is 0 Å². The first-order valence-electron chi connectivity index (χ1n) is 11.8. The maximum absolute atomic E-state index is 13.4. The third-order valence-corrected chi connectivity index (χ3v) is 7.19. The van der Waals surface area contributed by atoms with Crippen LogP contribution in [0.4, 0.5) is 0 Å². The number of nitrogens with zero attached hydrogens (tertiary/aromatic N) is 2. The number of likely N-dealkylation sites (tertiary alicyclic amines) is 2. The fourth-order valence-corrected chi connectivity index (χ4v) is 5.24. The topological polar surface area (TPSA) is 64.5 Å². The Morgan fingerprint density at radius 2 is 1.94 bits per heavy atom. The minimum absolute atomic E-state index is 0.0214. The number of rotatable bonds is 10. The van der Waals surface area contributed by atoms with Gasteiger partial charge in [-0.1, -0.05) is 57.2 Å². The van der Waals surface area contributed by atoms with Crippen molar-refractivity contribution >= 4 is 29.3 Å². The molecule has 0 aromatic heterocycles. The van der Waals surface area contributed by atoms with Crippen LogP contribution in [0.2, 0.25) is 5.02 Å². The SMILES string of the molecule is CCCCC1(CCCC)CC(=N)N(CCC2CCN(C(=O)c3cccc(Cl)c3)C2)C1=O. The Bertz CT molecular complexity index is 802. The van der Waals surface area contributed by atoms with Gasteiger partial charge in [0.05, 0.1) is 5.41 Å². The second-order valence-corrected chi connectivity index (χ2v) is 9.71. The van der Waals surface area contributed by atoms with Gasteiger partial charge in [0.25, 0.3) is 5.91 Å². The number of nitrogens with one attached hydrogen (secondary N) is 1. The van der Waals surface area contributed by atoms with Crippen molar-refractivity contribution in [3.63, 3.8) is 0 Å². The van der Waals surface area contributed by atoms with E-state index >= 15 is 0 Å². The van der Waals surface area contributed by atoms with E-state index < -0.39 is 0 Å². The maximum atomic E-state index is 13.4. The van der Waals surface area contributed by atoms with Crippen molar-refractivity contribution in [1.82, 2.24) is 9.80 Å². The molecule has 2 aliphatic heterocycles. The lowest BCUT2D eigenvalue weighted by molar-refractivity contribution is -0.135. The second-order valence-electron chi connectivity index (χ2n) is 9.27. The standard InChI is InChI=1S/C25H36ClN3O2/c1-3-5-12-25(13-6-4-2)17-22(27)29(24(25)31)15-11-19-10-14-28(18-19)23(30)20-8-7-9-21(26)16-20/h7-9,16,19,27H,3-6,10-15,17-18H2,1-2H3. The van der Waals surface area contributed by atoms with Crippen LogP contribution in [0, 0.1) is 16.7 Å².